The van der Waals surface area contributed by atoms with Crippen LogP contribution in [-0.2, 0) is 10.0 Å². The SMILES string of the molecule is Nc1cc(S(=O)(=O)NCC2CCCCS2)ccc1F. The van der Waals surface area contributed by atoms with E-state index < -0.39 is 15.8 Å². The van der Waals surface area contributed by atoms with Gasteiger partial charge in [0, 0.05) is 11.8 Å². The first-order valence-electron chi connectivity index (χ1n) is 6.15. The number of rotatable bonds is 4. The second-order valence-electron chi connectivity index (χ2n) is 4.52. The second kappa shape index (κ2) is 6.11. The van der Waals surface area contributed by atoms with E-state index in [1.165, 1.54) is 12.5 Å². The topological polar surface area (TPSA) is 72.2 Å². The maximum Gasteiger partial charge on any atom is 0.240 e. The van der Waals surface area contributed by atoms with Crippen molar-refractivity contribution in [3.8, 4) is 0 Å². The van der Waals surface area contributed by atoms with Crippen LogP contribution in [0.2, 0.25) is 0 Å². The lowest BCUT2D eigenvalue weighted by atomic mass is 10.2. The van der Waals surface area contributed by atoms with Crippen LogP contribution in [0, 0.1) is 5.82 Å². The molecular formula is C12H17FN2O2S2. The van der Waals surface area contributed by atoms with Gasteiger partial charge in [0.15, 0.2) is 0 Å². The van der Waals surface area contributed by atoms with Crippen LogP contribution in [-0.4, -0.2) is 26.0 Å². The van der Waals surface area contributed by atoms with Crippen molar-refractivity contribution in [2.45, 2.75) is 29.4 Å². The van der Waals surface area contributed by atoms with E-state index in [9.17, 15) is 12.8 Å². The van der Waals surface area contributed by atoms with Crippen LogP contribution in [0.3, 0.4) is 0 Å². The molecule has 1 heterocycles. The zero-order chi connectivity index (χ0) is 13.9. The van der Waals surface area contributed by atoms with E-state index in [2.05, 4.69) is 4.72 Å². The first-order valence-corrected chi connectivity index (χ1v) is 8.68. The minimum absolute atomic E-state index is 0.00668. The molecule has 0 radical (unpaired) electrons. The van der Waals surface area contributed by atoms with Gasteiger partial charge in [0.05, 0.1) is 10.6 Å². The van der Waals surface area contributed by atoms with Crippen molar-refractivity contribution in [2.75, 3.05) is 18.0 Å². The average molecular weight is 304 g/mol. The molecule has 4 nitrogen and oxygen atoms in total. The smallest absolute Gasteiger partial charge is 0.240 e. The molecule has 1 atom stereocenters. The molecule has 0 amide bonds. The summed E-state index contributed by atoms with van der Waals surface area (Å²) in [6.07, 6.45) is 3.37. The van der Waals surface area contributed by atoms with Gasteiger partial charge < -0.3 is 5.73 Å². The van der Waals surface area contributed by atoms with E-state index >= 15 is 0 Å². The summed E-state index contributed by atoms with van der Waals surface area (Å²) >= 11 is 1.79. The fraction of sp³-hybridized carbons (Fsp3) is 0.500. The van der Waals surface area contributed by atoms with Gasteiger partial charge in [0.25, 0.3) is 0 Å². The van der Waals surface area contributed by atoms with Gasteiger partial charge in [-0.05, 0) is 36.8 Å². The largest absolute Gasteiger partial charge is 0.396 e. The lowest BCUT2D eigenvalue weighted by Gasteiger charge is -2.21. The molecule has 19 heavy (non-hydrogen) atoms. The highest BCUT2D eigenvalue weighted by molar-refractivity contribution is 8.00. The normalized spacial score (nSPS) is 20.4. The van der Waals surface area contributed by atoms with E-state index in [4.69, 9.17) is 5.73 Å². The molecule has 1 aliphatic heterocycles. The van der Waals surface area contributed by atoms with Crippen molar-refractivity contribution in [1.82, 2.24) is 4.72 Å². The zero-order valence-electron chi connectivity index (χ0n) is 10.4. The van der Waals surface area contributed by atoms with E-state index in [-0.39, 0.29) is 10.6 Å². The number of hydrogen-bond acceptors (Lipinski definition) is 4. The number of thioether (sulfide) groups is 1. The van der Waals surface area contributed by atoms with Crippen molar-refractivity contribution in [1.29, 1.82) is 0 Å². The van der Waals surface area contributed by atoms with E-state index in [0.29, 0.717) is 11.8 Å². The van der Waals surface area contributed by atoms with E-state index in [1.54, 1.807) is 11.8 Å². The third-order valence-corrected chi connectivity index (χ3v) is 5.87. The van der Waals surface area contributed by atoms with Crippen LogP contribution in [0.5, 0.6) is 0 Å². The van der Waals surface area contributed by atoms with Crippen molar-refractivity contribution >= 4 is 27.5 Å². The molecule has 0 aliphatic carbocycles. The summed E-state index contributed by atoms with van der Waals surface area (Å²) in [6, 6.07) is 3.44. The van der Waals surface area contributed by atoms with Crippen LogP contribution in [0.1, 0.15) is 19.3 Å². The Labute approximate surface area is 117 Å². The fourth-order valence-electron chi connectivity index (χ4n) is 1.94. The predicted octanol–water partition coefficient (Wildman–Crippen LogP) is 1.97. The maximum absolute atomic E-state index is 13.0. The second-order valence-corrected chi connectivity index (χ2v) is 7.70. The summed E-state index contributed by atoms with van der Waals surface area (Å²) in [7, 11) is -3.61. The molecule has 1 aromatic carbocycles. The van der Waals surface area contributed by atoms with Gasteiger partial charge in [-0.1, -0.05) is 6.42 Å². The van der Waals surface area contributed by atoms with Crippen molar-refractivity contribution in [3.63, 3.8) is 0 Å². The first kappa shape index (κ1) is 14.6. The summed E-state index contributed by atoms with van der Waals surface area (Å²) in [4.78, 5) is 0.00668. The molecule has 2 rings (SSSR count). The van der Waals surface area contributed by atoms with Gasteiger partial charge in [-0.25, -0.2) is 17.5 Å². The Morgan fingerprint density at radius 2 is 2.21 bits per heavy atom. The third kappa shape index (κ3) is 3.84. The lowest BCUT2D eigenvalue weighted by Crippen LogP contribution is -2.32. The summed E-state index contributed by atoms with van der Waals surface area (Å²) < 4.78 is 39.7. The van der Waals surface area contributed by atoms with Gasteiger partial charge in [0.2, 0.25) is 10.0 Å². The molecule has 0 saturated carbocycles. The number of anilines is 1. The van der Waals surface area contributed by atoms with Crippen molar-refractivity contribution in [2.24, 2.45) is 0 Å². The van der Waals surface area contributed by atoms with Gasteiger partial charge in [0.1, 0.15) is 5.82 Å². The quantitative estimate of drug-likeness (QED) is 0.834. The first-order chi connectivity index (χ1) is 8.99. The molecular weight excluding hydrogens is 287 g/mol. The molecule has 1 saturated heterocycles. The minimum Gasteiger partial charge on any atom is -0.396 e. The van der Waals surface area contributed by atoms with Gasteiger partial charge in [-0.2, -0.15) is 11.8 Å². The summed E-state index contributed by atoms with van der Waals surface area (Å²) in [5.74, 6) is 0.470. The molecule has 0 aromatic heterocycles. The molecule has 1 unspecified atom stereocenters. The Morgan fingerprint density at radius 1 is 1.42 bits per heavy atom. The standard InChI is InChI=1S/C12H17FN2O2S2/c13-11-5-4-10(7-12(11)14)19(16,17)15-8-9-3-1-2-6-18-9/h4-5,7,9,15H,1-3,6,8,14H2. The zero-order valence-corrected chi connectivity index (χ0v) is 12.1. The number of sulfonamides is 1. The van der Waals surface area contributed by atoms with Crippen LogP contribution in [0.25, 0.3) is 0 Å². The number of nitrogens with two attached hydrogens (primary N) is 1. The number of hydrogen-bond donors (Lipinski definition) is 2. The highest BCUT2D eigenvalue weighted by Gasteiger charge is 2.19. The minimum atomic E-state index is -3.61. The van der Waals surface area contributed by atoms with Crippen LogP contribution in [0.4, 0.5) is 10.1 Å². The molecule has 3 N–H and O–H groups in total. The molecule has 1 fully saturated rings. The molecule has 1 aliphatic rings. The molecule has 106 valence electrons. The van der Waals surface area contributed by atoms with Crippen LogP contribution < -0.4 is 10.5 Å². The molecule has 0 bridgehead atoms. The monoisotopic (exact) mass is 304 g/mol. The molecule has 7 heteroatoms. The Bertz CT molecular complexity index is 543. The number of halogens is 1. The third-order valence-electron chi connectivity index (χ3n) is 3.05. The Kier molecular flexibility index (Phi) is 4.70. The number of nitrogen functional groups attached to an aromatic ring is 1. The highest BCUT2D eigenvalue weighted by Crippen LogP contribution is 2.25. The van der Waals surface area contributed by atoms with Crippen molar-refractivity contribution < 1.29 is 12.8 Å². The Balaban J connectivity index is 2.02. The number of benzene rings is 1. The van der Waals surface area contributed by atoms with Crippen LogP contribution >= 0.6 is 11.8 Å². The number of nitrogens with one attached hydrogen (secondary N) is 1. The van der Waals surface area contributed by atoms with Crippen LogP contribution in [0.15, 0.2) is 23.1 Å². The fourth-order valence-corrected chi connectivity index (χ4v) is 4.40. The predicted molar refractivity (Wildman–Crippen MR) is 76.1 cm³/mol. The summed E-state index contributed by atoms with van der Waals surface area (Å²) in [6.45, 7) is 0.407. The van der Waals surface area contributed by atoms with E-state index in [1.807, 2.05) is 0 Å². The van der Waals surface area contributed by atoms with E-state index in [0.717, 1.165) is 30.7 Å². The lowest BCUT2D eigenvalue weighted by molar-refractivity contribution is 0.573. The summed E-state index contributed by atoms with van der Waals surface area (Å²) in [5, 5.41) is 0.321. The molecule has 1 aromatic rings. The average Bonchev–Trinajstić information content (AvgIpc) is 2.41. The highest BCUT2D eigenvalue weighted by atomic mass is 32.2. The summed E-state index contributed by atoms with van der Waals surface area (Å²) in [5.41, 5.74) is 5.23. The maximum atomic E-state index is 13.0. The van der Waals surface area contributed by atoms with Gasteiger partial charge >= 0.3 is 0 Å². The van der Waals surface area contributed by atoms with Crippen molar-refractivity contribution in [3.05, 3.63) is 24.0 Å². The van der Waals surface area contributed by atoms with Gasteiger partial charge in [-0.3, -0.25) is 0 Å². The Hall–Kier alpha value is -0.790. The molecule has 0 spiro atoms. The van der Waals surface area contributed by atoms with Gasteiger partial charge in [-0.15, -0.1) is 0 Å². The Morgan fingerprint density at radius 3 is 2.84 bits per heavy atom.